The third-order valence-corrected chi connectivity index (χ3v) is 2.78. The van der Waals surface area contributed by atoms with E-state index in [4.69, 9.17) is 5.11 Å². The molecular formula is C14H19NO3. The van der Waals surface area contributed by atoms with E-state index in [1.165, 1.54) is 0 Å². The molecule has 1 amide bonds. The van der Waals surface area contributed by atoms with Crippen LogP contribution in [0.5, 0.6) is 0 Å². The van der Waals surface area contributed by atoms with Crippen LogP contribution in [-0.4, -0.2) is 35.5 Å². The fraction of sp³-hybridized carbons (Fsp3) is 0.429. The van der Waals surface area contributed by atoms with Crippen molar-refractivity contribution in [1.29, 1.82) is 0 Å². The maximum atomic E-state index is 11.8. The lowest BCUT2D eigenvalue weighted by Gasteiger charge is -2.16. The van der Waals surface area contributed by atoms with Crippen molar-refractivity contribution < 1.29 is 14.7 Å². The Morgan fingerprint density at radius 1 is 1.17 bits per heavy atom. The summed E-state index contributed by atoms with van der Waals surface area (Å²) >= 11 is 0. The molecule has 0 heterocycles. The van der Waals surface area contributed by atoms with E-state index in [-0.39, 0.29) is 12.3 Å². The van der Waals surface area contributed by atoms with Gasteiger partial charge in [0.25, 0.3) is 0 Å². The molecule has 0 aliphatic rings. The maximum Gasteiger partial charge on any atom is 0.303 e. The molecule has 98 valence electrons. The first-order valence-corrected chi connectivity index (χ1v) is 6.09. The molecule has 0 aliphatic carbocycles. The minimum atomic E-state index is -0.819. The summed E-state index contributed by atoms with van der Waals surface area (Å²) < 4.78 is 0. The number of aliphatic carboxylic acids is 1. The number of rotatable bonds is 7. The summed E-state index contributed by atoms with van der Waals surface area (Å²) in [6.45, 7) is 0.500. The predicted octanol–water partition coefficient (Wildman–Crippen LogP) is 1.94. The molecule has 0 saturated carbocycles. The van der Waals surface area contributed by atoms with E-state index >= 15 is 0 Å². The Labute approximate surface area is 107 Å². The minimum Gasteiger partial charge on any atom is -0.481 e. The van der Waals surface area contributed by atoms with Gasteiger partial charge in [-0.25, -0.2) is 0 Å². The van der Waals surface area contributed by atoms with Crippen LogP contribution in [0.4, 0.5) is 0 Å². The van der Waals surface area contributed by atoms with E-state index in [0.29, 0.717) is 19.4 Å². The highest BCUT2D eigenvalue weighted by Crippen LogP contribution is 2.04. The van der Waals surface area contributed by atoms with Gasteiger partial charge in [0.05, 0.1) is 0 Å². The normalized spacial score (nSPS) is 10.1. The molecule has 0 atom stereocenters. The topological polar surface area (TPSA) is 57.6 Å². The molecule has 1 N–H and O–H groups in total. The van der Waals surface area contributed by atoms with E-state index < -0.39 is 5.97 Å². The number of hydrogen-bond donors (Lipinski definition) is 1. The summed E-state index contributed by atoms with van der Waals surface area (Å²) in [5.41, 5.74) is 1.14. The number of carbonyl (C=O) groups excluding carboxylic acids is 1. The van der Waals surface area contributed by atoms with E-state index in [9.17, 15) is 9.59 Å². The third kappa shape index (κ3) is 5.48. The number of carboxylic acid groups (broad SMARTS) is 1. The number of carbonyl (C=O) groups is 2. The Bertz CT molecular complexity index is 389. The van der Waals surface area contributed by atoms with Gasteiger partial charge in [-0.15, -0.1) is 0 Å². The van der Waals surface area contributed by atoms with Crippen LogP contribution in [0, 0.1) is 0 Å². The first kappa shape index (κ1) is 14.2. The molecule has 0 aliphatic heterocycles. The van der Waals surface area contributed by atoms with Gasteiger partial charge in [-0.05, 0) is 18.4 Å². The average Bonchev–Trinajstić information content (AvgIpc) is 2.36. The van der Waals surface area contributed by atoms with Crippen molar-refractivity contribution in [3.63, 3.8) is 0 Å². The van der Waals surface area contributed by atoms with Gasteiger partial charge in [-0.2, -0.15) is 0 Å². The number of amides is 1. The first-order valence-electron chi connectivity index (χ1n) is 6.09. The second-order valence-electron chi connectivity index (χ2n) is 4.30. The van der Waals surface area contributed by atoms with Crippen molar-refractivity contribution in [3.8, 4) is 0 Å². The fourth-order valence-electron chi connectivity index (χ4n) is 1.68. The highest BCUT2D eigenvalue weighted by molar-refractivity contribution is 5.76. The van der Waals surface area contributed by atoms with Crippen LogP contribution >= 0.6 is 0 Å². The summed E-state index contributed by atoms with van der Waals surface area (Å²) in [7, 11) is 1.72. The number of aryl methyl sites for hydroxylation is 1. The maximum absolute atomic E-state index is 11.8. The first-order chi connectivity index (χ1) is 8.59. The van der Waals surface area contributed by atoms with E-state index in [0.717, 1.165) is 12.0 Å². The van der Waals surface area contributed by atoms with Gasteiger partial charge in [-0.3, -0.25) is 9.59 Å². The number of benzene rings is 1. The SMILES string of the molecule is CN(CCCC(=O)O)C(=O)CCc1ccccc1. The molecule has 4 heteroatoms. The Morgan fingerprint density at radius 2 is 1.83 bits per heavy atom. The van der Waals surface area contributed by atoms with Gasteiger partial charge >= 0.3 is 5.97 Å². The van der Waals surface area contributed by atoms with E-state index in [2.05, 4.69) is 0 Å². The zero-order chi connectivity index (χ0) is 13.4. The molecule has 0 spiro atoms. The Balaban J connectivity index is 2.25. The van der Waals surface area contributed by atoms with Gasteiger partial charge in [0.2, 0.25) is 5.91 Å². The van der Waals surface area contributed by atoms with Crippen molar-refractivity contribution >= 4 is 11.9 Å². The summed E-state index contributed by atoms with van der Waals surface area (Å²) in [4.78, 5) is 23.7. The fourth-order valence-corrected chi connectivity index (χ4v) is 1.68. The third-order valence-electron chi connectivity index (χ3n) is 2.78. The lowest BCUT2D eigenvalue weighted by atomic mass is 10.1. The Morgan fingerprint density at radius 3 is 2.44 bits per heavy atom. The van der Waals surface area contributed by atoms with Crippen LogP contribution in [0.25, 0.3) is 0 Å². The van der Waals surface area contributed by atoms with Crippen molar-refractivity contribution in [3.05, 3.63) is 35.9 Å². The zero-order valence-electron chi connectivity index (χ0n) is 10.6. The van der Waals surface area contributed by atoms with Gasteiger partial charge in [-0.1, -0.05) is 30.3 Å². The molecular weight excluding hydrogens is 230 g/mol. The molecule has 4 nitrogen and oxygen atoms in total. The quantitative estimate of drug-likeness (QED) is 0.803. The average molecular weight is 249 g/mol. The molecule has 1 aromatic rings. The lowest BCUT2D eigenvalue weighted by molar-refractivity contribution is -0.138. The van der Waals surface area contributed by atoms with Gasteiger partial charge in [0, 0.05) is 26.4 Å². The van der Waals surface area contributed by atoms with Crippen molar-refractivity contribution in [2.75, 3.05) is 13.6 Å². The van der Waals surface area contributed by atoms with Gasteiger partial charge in [0.15, 0.2) is 0 Å². The van der Waals surface area contributed by atoms with Crippen LogP contribution in [0.2, 0.25) is 0 Å². The van der Waals surface area contributed by atoms with Gasteiger partial charge in [0.1, 0.15) is 0 Å². The van der Waals surface area contributed by atoms with Crippen molar-refractivity contribution in [2.45, 2.75) is 25.7 Å². The monoisotopic (exact) mass is 249 g/mol. The molecule has 18 heavy (non-hydrogen) atoms. The molecule has 0 fully saturated rings. The van der Waals surface area contributed by atoms with Gasteiger partial charge < -0.3 is 10.0 Å². The lowest BCUT2D eigenvalue weighted by Crippen LogP contribution is -2.28. The second kappa shape index (κ2) is 7.48. The van der Waals surface area contributed by atoms with Crippen molar-refractivity contribution in [2.24, 2.45) is 0 Å². The Hall–Kier alpha value is -1.84. The largest absolute Gasteiger partial charge is 0.481 e. The minimum absolute atomic E-state index is 0.0595. The molecule has 1 rings (SSSR count). The highest BCUT2D eigenvalue weighted by Gasteiger charge is 2.09. The van der Waals surface area contributed by atoms with Crippen LogP contribution in [0.3, 0.4) is 0 Å². The molecule has 0 radical (unpaired) electrons. The van der Waals surface area contributed by atoms with Crippen LogP contribution in [0.15, 0.2) is 30.3 Å². The zero-order valence-corrected chi connectivity index (χ0v) is 10.6. The molecule has 0 bridgehead atoms. The van der Waals surface area contributed by atoms with E-state index in [1.54, 1.807) is 11.9 Å². The molecule has 1 aromatic carbocycles. The van der Waals surface area contributed by atoms with E-state index in [1.807, 2.05) is 30.3 Å². The number of carboxylic acids is 1. The molecule has 0 unspecified atom stereocenters. The van der Waals surface area contributed by atoms with Crippen molar-refractivity contribution in [1.82, 2.24) is 4.90 Å². The molecule has 0 aromatic heterocycles. The number of hydrogen-bond acceptors (Lipinski definition) is 2. The van der Waals surface area contributed by atoms with Crippen LogP contribution in [0.1, 0.15) is 24.8 Å². The number of nitrogens with zero attached hydrogens (tertiary/aromatic N) is 1. The molecule has 0 saturated heterocycles. The Kier molecular flexibility index (Phi) is 5.91. The smallest absolute Gasteiger partial charge is 0.303 e. The standard InChI is InChI=1S/C14H19NO3/c1-15(11-5-8-14(17)18)13(16)10-9-12-6-3-2-4-7-12/h2-4,6-7H,5,8-11H2,1H3,(H,17,18). The highest BCUT2D eigenvalue weighted by atomic mass is 16.4. The predicted molar refractivity (Wildman–Crippen MR) is 69.3 cm³/mol. The second-order valence-corrected chi connectivity index (χ2v) is 4.30. The summed E-state index contributed by atoms with van der Waals surface area (Å²) in [6, 6.07) is 9.85. The summed E-state index contributed by atoms with van der Waals surface area (Å²) in [5.74, 6) is -0.760. The van der Waals surface area contributed by atoms with Crippen LogP contribution < -0.4 is 0 Å². The summed E-state index contributed by atoms with van der Waals surface area (Å²) in [5, 5.41) is 8.51. The van der Waals surface area contributed by atoms with Crippen LogP contribution in [-0.2, 0) is 16.0 Å². The summed E-state index contributed by atoms with van der Waals surface area (Å²) in [6.07, 6.45) is 1.80.